The summed E-state index contributed by atoms with van der Waals surface area (Å²) >= 11 is 0. The van der Waals surface area contributed by atoms with E-state index in [-0.39, 0.29) is 35.3 Å². The van der Waals surface area contributed by atoms with Gasteiger partial charge in [-0.05, 0) is 54.9 Å². The second-order valence-electron chi connectivity index (χ2n) is 10.1. The van der Waals surface area contributed by atoms with Crippen molar-refractivity contribution in [1.29, 1.82) is 0 Å². The minimum atomic E-state index is -0.635. The first-order valence-corrected chi connectivity index (χ1v) is 12.5. The number of amides is 3. The molecule has 2 unspecified atom stereocenters. The number of likely N-dealkylation sites (tertiary alicyclic amines) is 1. The number of anilines is 1. The number of hydrogen-bond acceptors (Lipinski definition) is 3. The van der Waals surface area contributed by atoms with Gasteiger partial charge in [-0.3, -0.25) is 9.59 Å². The minimum Gasteiger partial charge on any atom is -0.326 e. The molecule has 3 heterocycles. The van der Waals surface area contributed by atoms with E-state index in [0.717, 1.165) is 37.1 Å². The van der Waals surface area contributed by atoms with E-state index < -0.39 is 6.04 Å². The summed E-state index contributed by atoms with van der Waals surface area (Å²) in [5.74, 6) is 0.120. The predicted molar refractivity (Wildman–Crippen MR) is 134 cm³/mol. The van der Waals surface area contributed by atoms with Gasteiger partial charge in [-0.1, -0.05) is 45.4 Å². The fourth-order valence-corrected chi connectivity index (χ4v) is 5.18. The van der Waals surface area contributed by atoms with Crippen molar-refractivity contribution in [3.05, 3.63) is 64.1 Å². The third-order valence-corrected chi connectivity index (χ3v) is 7.04. The second kappa shape index (κ2) is 10.5. The van der Waals surface area contributed by atoms with Crippen molar-refractivity contribution < 1.29 is 9.59 Å². The number of aryl methyl sites for hydroxylation is 1. The highest BCUT2D eigenvalue weighted by atomic mass is 16.2. The summed E-state index contributed by atoms with van der Waals surface area (Å²) in [6.45, 7) is 7.83. The van der Waals surface area contributed by atoms with Gasteiger partial charge in [0.1, 0.15) is 6.04 Å². The van der Waals surface area contributed by atoms with Gasteiger partial charge in [-0.15, -0.1) is 0 Å². The summed E-state index contributed by atoms with van der Waals surface area (Å²) in [6.07, 6.45) is 4.31. The highest BCUT2D eigenvalue weighted by molar-refractivity contribution is 5.97. The van der Waals surface area contributed by atoms with Crippen LogP contribution in [0.5, 0.6) is 0 Å². The summed E-state index contributed by atoms with van der Waals surface area (Å²) in [7, 11) is 0. The Morgan fingerprint density at radius 2 is 1.82 bits per heavy atom. The van der Waals surface area contributed by atoms with Crippen molar-refractivity contribution in [3.63, 3.8) is 0 Å². The van der Waals surface area contributed by atoms with E-state index in [2.05, 4.69) is 17.6 Å². The van der Waals surface area contributed by atoms with Crippen LogP contribution in [0, 0.1) is 11.8 Å². The molecule has 2 aromatic rings. The fraction of sp³-hybridized carbons (Fsp3) is 0.519. The molecule has 7 heteroatoms. The number of carbonyl (C=O) groups is 2. The predicted octanol–water partition coefficient (Wildman–Crippen LogP) is 3.98. The van der Waals surface area contributed by atoms with Crippen molar-refractivity contribution in [3.8, 4) is 0 Å². The molecule has 1 saturated heterocycles. The molecule has 2 aliphatic heterocycles. The van der Waals surface area contributed by atoms with E-state index in [0.29, 0.717) is 19.6 Å². The Kier molecular flexibility index (Phi) is 7.39. The lowest BCUT2D eigenvalue weighted by atomic mass is 9.83. The lowest BCUT2D eigenvalue weighted by Gasteiger charge is -2.43. The first-order chi connectivity index (χ1) is 16.4. The highest BCUT2D eigenvalue weighted by Gasteiger charge is 2.37. The Morgan fingerprint density at radius 3 is 2.53 bits per heavy atom. The summed E-state index contributed by atoms with van der Waals surface area (Å²) in [5.41, 5.74) is 3.02. The Bertz CT molecular complexity index is 1080. The number of nitrogens with zero attached hydrogens (tertiary/aromatic N) is 2. The zero-order valence-electron chi connectivity index (χ0n) is 20.4. The first-order valence-electron chi connectivity index (χ1n) is 12.5. The van der Waals surface area contributed by atoms with Crippen LogP contribution in [-0.2, 0) is 17.8 Å². The van der Waals surface area contributed by atoms with Crippen LogP contribution >= 0.6 is 0 Å². The van der Waals surface area contributed by atoms with E-state index in [1.54, 1.807) is 12.1 Å². The van der Waals surface area contributed by atoms with Gasteiger partial charge >= 0.3 is 6.03 Å². The van der Waals surface area contributed by atoms with Crippen LogP contribution in [0.2, 0.25) is 0 Å². The number of benzene rings is 1. The molecule has 2 aliphatic rings. The Labute approximate surface area is 201 Å². The lowest BCUT2D eigenvalue weighted by molar-refractivity contribution is -0.118. The Morgan fingerprint density at radius 1 is 1.06 bits per heavy atom. The molecule has 1 aromatic carbocycles. The maximum absolute atomic E-state index is 13.2. The van der Waals surface area contributed by atoms with Crippen molar-refractivity contribution in [2.45, 2.75) is 65.0 Å². The molecule has 0 aliphatic carbocycles. The third kappa shape index (κ3) is 5.34. The monoisotopic (exact) mass is 464 g/mol. The number of fused-ring (bicyclic) bond motifs is 4. The molecule has 34 heavy (non-hydrogen) atoms. The molecule has 0 radical (unpaired) electrons. The number of rotatable bonds is 7. The number of piperidine rings is 1. The molecule has 0 spiro atoms. The van der Waals surface area contributed by atoms with Crippen LogP contribution in [-0.4, -0.2) is 40.5 Å². The van der Waals surface area contributed by atoms with Crippen LogP contribution in [0.1, 0.15) is 57.2 Å². The Hall–Kier alpha value is -3.09. The maximum atomic E-state index is 13.2. The molecule has 182 valence electrons. The van der Waals surface area contributed by atoms with Gasteiger partial charge in [0.15, 0.2) is 0 Å². The molecule has 4 rings (SSSR count). The first kappa shape index (κ1) is 24.0. The number of carbonyl (C=O) groups excluding carboxylic acids is 2. The average Bonchev–Trinajstić information content (AvgIpc) is 2.82. The standard InChI is InChI=1S/C27H36N4O3/c1-4-5-7-19-10-12-22(13-11-19)28-26(33)25(18(2)3)29-27(34)30-15-20-14-21(17-30)23-8-6-9-24(32)31(23)16-20/h6,8-13,18,20-21,25H,4-5,7,14-17H2,1-3H3,(H,28,33)(H,29,34)/t20?,21?,25-/m0/s1. The normalized spacial score (nSPS) is 19.9. The molecule has 0 saturated carbocycles. The number of hydrogen-bond donors (Lipinski definition) is 2. The minimum absolute atomic E-state index is 0.0278. The van der Waals surface area contributed by atoms with Gasteiger partial charge in [-0.25, -0.2) is 4.79 Å². The molecule has 3 atom stereocenters. The van der Waals surface area contributed by atoms with Crippen LogP contribution < -0.4 is 16.2 Å². The largest absolute Gasteiger partial charge is 0.326 e. The van der Waals surface area contributed by atoms with E-state index >= 15 is 0 Å². The Balaban J connectivity index is 1.39. The van der Waals surface area contributed by atoms with E-state index in [1.807, 2.05) is 53.6 Å². The number of nitrogens with one attached hydrogen (secondary N) is 2. The summed E-state index contributed by atoms with van der Waals surface area (Å²) in [6, 6.07) is 12.5. The summed E-state index contributed by atoms with van der Waals surface area (Å²) < 4.78 is 1.85. The quantitative estimate of drug-likeness (QED) is 0.650. The van der Waals surface area contributed by atoms with Crippen LogP contribution in [0.15, 0.2) is 47.3 Å². The van der Waals surface area contributed by atoms with Gasteiger partial charge in [-0.2, -0.15) is 0 Å². The van der Waals surface area contributed by atoms with Gasteiger partial charge < -0.3 is 20.1 Å². The lowest BCUT2D eigenvalue weighted by Crippen LogP contribution is -2.56. The van der Waals surface area contributed by atoms with Crippen molar-refractivity contribution in [2.24, 2.45) is 11.8 Å². The van der Waals surface area contributed by atoms with Gasteiger partial charge in [0, 0.05) is 43.0 Å². The molecule has 1 aromatic heterocycles. The molecule has 3 amide bonds. The molecular weight excluding hydrogens is 428 g/mol. The van der Waals surface area contributed by atoms with Crippen molar-refractivity contribution in [1.82, 2.24) is 14.8 Å². The van der Waals surface area contributed by atoms with Crippen molar-refractivity contribution in [2.75, 3.05) is 18.4 Å². The summed E-state index contributed by atoms with van der Waals surface area (Å²) in [5, 5.41) is 5.94. The van der Waals surface area contributed by atoms with Gasteiger partial charge in [0.2, 0.25) is 5.91 Å². The smallest absolute Gasteiger partial charge is 0.318 e. The van der Waals surface area contributed by atoms with E-state index in [9.17, 15) is 14.4 Å². The van der Waals surface area contributed by atoms with Crippen LogP contribution in [0.3, 0.4) is 0 Å². The SMILES string of the molecule is CCCCc1ccc(NC(=O)[C@@H](NC(=O)N2CC3CC(C2)c2cccc(=O)n2C3)C(C)C)cc1. The molecular formula is C27H36N4O3. The maximum Gasteiger partial charge on any atom is 0.318 e. The summed E-state index contributed by atoms with van der Waals surface area (Å²) in [4.78, 5) is 40.3. The van der Waals surface area contributed by atoms with Gasteiger partial charge in [0.25, 0.3) is 5.56 Å². The molecule has 2 bridgehead atoms. The topological polar surface area (TPSA) is 83.4 Å². The number of aromatic nitrogens is 1. The molecule has 1 fully saturated rings. The number of urea groups is 1. The average molecular weight is 465 g/mol. The van der Waals surface area contributed by atoms with Crippen LogP contribution in [0.25, 0.3) is 0 Å². The number of unbranched alkanes of at least 4 members (excludes halogenated alkanes) is 1. The third-order valence-electron chi connectivity index (χ3n) is 7.04. The van der Waals surface area contributed by atoms with E-state index in [1.165, 1.54) is 5.56 Å². The van der Waals surface area contributed by atoms with Crippen molar-refractivity contribution >= 4 is 17.6 Å². The zero-order valence-corrected chi connectivity index (χ0v) is 20.4. The fourth-order valence-electron chi connectivity index (χ4n) is 5.18. The molecule has 2 N–H and O–H groups in total. The second-order valence-corrected chi connectivity index (χ2v) is 10.1. The zero-order chi connectivity index (χ0) is 24.2. The molecule has 7 nitrogen and oxygen atoms in total. The van der Waals surface area contributed by atoms with Crippen LogP contribution in [0.4, 0.5) is 10.5 Å². The number of pyridine rings is 1. The van der Waals surface area contributed by atoms with Gasteiger partial charge in [0.05, 0.1) is 0 Å². The highest BCUT2D eigenvalue weighted by Crippen LogP contribution is 2.35. The van der Waals surface area contributed by atoms with E-state index in [4.69, 9.17) is 0 Å².